The van der Waals surface area contributed by atoms with Crippen LogP contribution in [-0.2, 0) is 13.6 Å². The SMILES string of the molecule is C=CCOP(=O)(CC=C)OC=C. The van der Waals surface area contributed by atoms with Gasteiger partial charge < -0.3 is 4.52 Å². The molecule has 0 heterocycles. The molecule has 4 heteroatoms. The monoisotopic (exact) mass is 188 g/mol. The molecule has 0 amide bonds. The summed E-state index contributed by atoms with van der Waals surface area (Å²) in [6, 6.07) is 0. The Hall–Kier alpha value is -0.790. The summed E-state index contributed by atoms with van der Waals surface area (Å²) in [4.78, 5) is 0. The molecule has 0 saturated carbocycles. The highest BCUT2D eigenvalue weighted by Crippen LogP contribution is 2.48. The van der Waals surface area contributed by atoms with Gasteiger partial charge >= 0.3 is 7.60 Å². The van der Waals surface area contributed by atoms with Crippen molar-refractivity contribution in [2.45, 2.75) is 0 Å². The van der Waals surface area contributed by atoms with E-state index in [9.17, 15) is 4.57 Å². The van der Waals surface area contributed by atoms with E-state index in [-0.39, 0.29) is 12.8 Å². The van der Waals surface area contributed by atoms with Crippen LogP contribution in [0.5, 0.6) is 0 Å². The van der Waals surface area contributed by atoms with Gasteiger partial charge in [-0.05, 0) is 0 Å². The Bertz CT molecular complexity index is 196. The lowest BCUT2D eigenvalue weighted by molar-refractivity contribution is 0.277. The summed E-state index contributed by atoms with van der Waals surface area (Å²) in [5, 5.41) is 0. The molecule has 0 saturated heterocycles. The van der Waals surface area contributed by atoms with Crippen LogP contribution >= 0.6 is 7.60 Å². The zero-order chi connectivity index (χ0) is 9.45. The fourth-order valence-electron chi connectivity index (χ4n) is 0.564. The Kier molecular flexibility index (Phi) is 5.43. The largest absolute Gasteiger partial charge is 0.433 e. The van der Waals surface area contributed by atoms with Crippen LogP contribution in [0, 0.1) is 0 Å². The van der Waals surface area contributed by atoms with Crippen LogP contribution in [0.1, 0.15) is 0 Å². The van der Waals surface area contributed by atoms with Crippen LogP contribution in [-0.4, -0.2) is 12.8 Å². The number of hydrogen-bond donors (Lipinski definition) is 0. The van der Waals surface area contributed by atoms with Crippen molar-refractivity contribution in [2.24, 2.45) is 0 Å². The number of allylic oxidation sites excluding steroid dienone is 1. The summed E-state index contributed by atoms with van der Waals surface area (Å²) in [6.07, 6.45) is 4.26. The third kappa shape index (κ3) is 4.16. The predicted molar refractivity (Wildman–Crippen MR) is 50.1 cm³/mol. The molecule has 0 radical (unpaired) electrons. The van der Waals surface area contributed by atoms with Crippen LogP contribution < -0.4 is 0 Å². The van der Waals surface area contributed by atoms with Gasteiger partial charge in [0.2, 0.25) is 0 Å². The van der Waals surface area contributed by atoms with E-state index < -0.39 is 7.60 Å². The molecular weight excluding hydrogens is 175 g/mol. The van der Waals surface area contributed by atoms with Gasteiger partial charge in [-0.25, -0.2) is 4.57 Å². The first kappa shape index (κ1) is 11.2. The van der Waals surface area contributed by atoms with Gasteiger partial charge in [0.15, 0.2) is 0 Å². The predicted octanol–water partition coefficient (Wildman–Crippen LogP) is 2.73. The van der Waals surface area contributed by atoms with E-state index in [2.05, 4.69) is 19.7 Å². The van der Waals surface area contributed by atoms with Crippen molar-refractivity contribution in [2.75, 3.05) is 12.8 Å². The van der Waals surface area contributed by atoms with Crippen molar-refractivity contribution in [3.05, 3.63) is 38.2 Å². The average Bonchev–Trinajstić information content (AvgIpc) is 2.02. The first-order valence-corrected chi connectivity index (χ1v) is 5.16. The van der Waals surface area contributed by atoms with Crippen LogP contribution in [0.25, 0.3) is 0 Å². The van der Waals surface area contributed by atoms with Crippen molar-refractivity contribution < 1.29 is 13.6 Å². The quantitative estimate of drug-likeness (QED) is 0.350. The van der Waals surface area contributed by atoms with Crippen LogP contribution in [0.2, 0.25) is 0 Å². The maximum Gasteiger partial charge on any atom is 0.382 e. The summed E-state index contributed by atoms with van der Waals surface area (Å²) < 4.78 is 21.2. The molecule has 0 N–H and O–H groups in total. The van der Waals surface area contributed by atoms with Gasteiger partial charge in [-0.15, -0.1) is 13.2 Å². The lowest BCUT2D eigenvalue weighted by Crippen LogP contribution is -1.94. The lowest BCUT2D eigenvalue weighted by Gasteiger charge is -2.13. The Labute approximate surface area is 72.9 Å². The second-order valence-electron chi connectivity index (χ2n) is 1.94. The highest BCUT2D eigenvalue weighted by Gasteiger charge is 2.21. The van der Waals surface area contributed by atoms with Gasteiger partial charge in [0.05, 0.1) is 19.0 Å². The van der Waals surface area contributed by atoms with Crippen LogP contribution in [0.4, 0.5) is 0 Å². The van der Waals surface area contributed by atoms with Crippen molar-refractivity contribution in [1.29, 1.82) is 0 Å². The first-order chi connectivity index (χ1) is 5.68. The highest BCUT2D eigenvalue weighted by atomic mass is 31.2. The van der Waals surface area contributed by atoms with Crippen LogP contribution in [0.3, 0.4) is 0 Å². The zero-order valence-corrected chi connectivity index (χ0v) is 7.83. The molecule has 0 rings (SSSR count). The van der Waals surface area contributed by atoms with E-state index in [1.54, 1.807) is 0 Å². The van der Waals surface area contributed by atoms with Crippen molar-refractivity contribution >= 4 is 7.60 Å². The van der Waals surface area contributed by atoms with E-state index in [4.69, 9.17) is 9.05 Å². The first-order valence-electron chi connectivity index (χ1n) is 3.43. The number of rotatable bonds is 7. The molecule has 0 aliphatic rings. The van der Waals surface area contributed by atoms with E-state index in [1.807, 2.05) is 0 Å². The molecule has 0 aromatic rings. The Morgan fingerprint density at radius 2 is 1.92 bits per heavy atom. The van der Waals surface area contributed by atoms with E-state index >= 15 is 0 Å². The van der Waals surface area contributed by atoms with Gasteiger partial charge in [-0.3, -0.25) is 4.52 Å². The van der Waals surface area contributed by atoms with Gasteiger partial charge in [0, 0.05) is 0 Å². The number of hydrogen-bond acceptors (Lipinski definition) is 3. The maximum absolute atomic E-state index is 11.5. The van der Waals surface area contributed by atoms with Gasteiger partial charge in [-0.1, -0.05) is 18.7 Å². The molecule has 0 aliphatic heterocycles. The summed E-state index contributed by atoms with van der Waals surface area (Å²) >= 11 is 0. The highest BCUT2D eigenvalue weighted by molar-refractivity contribution is 7.54. The zero-order valence-electron chi connectivity index (χ0n) is 6.94. The fraction of sp³-hybridized carbons (Fsp3) is 0.250. The van der Waals surface area contributed by atoms with Crippen molar-refractivity contribution in [1.82, 2.24) is 0 Å². The van der Waals surface area contributed by atoms with Crippen molar-refractivity contribution in [3.8, 4) is 0 Å². The third-order valence-electron chi connectivity index (χ3n) is 0.977. The second-order valence-corrected chi connectivity index (χ2v) is 3.99. The summed E-state index contributed by atoms with van der Waals surface area (Å²) in [7, 11) is -3.04. The Morgan fingerprint density at radius 3 is 2.33 bits per heavy atom. The average molecular weight is 188 g/mol. The molecule has 0 aromatic heterocycles. The van der Waals surface area contributed by atoms with Gasteiger partial charge in [0.1, 0.15) is 0 Å². The molecule has 0 spiro atoms. The summed E-state index contributed by atoms with van der Waals surface area (Å²) in [6.45, 7) is 10.4. The van der Waals surface area contributed by atoms with Crippen LogP contribution in [0.15, 0.2) is 38.2 Å². The van der Waals surface area contributed by atoms with Crippen molar-refractivity contribution in [3.63, 3.8) is 0 Å². The molecule has 0 bridgehead atoms. The van der Waals surface area contributed by atoms with Gasteiger partial charge in [-0.2, -0.15) is 0 Å². The van der Waals surface area contributed by atoms with Gasteiger partial charge in [0.25, 0.3) is 0 Å². The molecule has 12 heavy (non-hydrogen) atoms. The maximum atomic E-state index is 11.5. The minimum absolute atomic E-state index is 0.173. The smallest absolute Gasteiger partial charge is 0.382 e. The minimum Gasteiger partial charge on any atom is -0.433 e. The minimum atomic E-state index is -3.04. The molecule has 1 atom stereocenters. The molecule has 1 unspecified atom stereocenters. The lowest BCUT2D eigenvalue weighted by atomic mass is 10.7. The molecule has 68 valence electrons. The standard InChI is InChI=1S/C8H13O3P/c1-4-7-11-12(9,8-5-2)10-6-3/h4-6H,1-3,7-8H2. The topological polar surface area (TPSA) is 35.5 Å². The fourth-order valence-corrected chi connectivity index (χ4v) is 1.69. The molecule has 3 nitrogen and oxygen atoms in total. The van der Waals surface area contributed by atoms with E-state index in [0.29, 0.717) is 0 Å². The third-order valence-corrected chi connectivity index (χ3v) is 2.70. The summed E-state index contributed by atoms with van der Waals surface area (Å²) in [5.74, 6) is 0. The molecule has 0 aliphatic carbocycles. The summed E-state index contributed by atoms with van der Waals surface area (Å²) in [5.41, 5.74) is 0. The Balaban J connectivity index is 4.16. The van der Waals surface area contributed by atoms with E-state index in [0.717, 1.165) is 6.26 Å². The normalized spacial score (nSPS) is 14.3. The molecule has 0 fully saturated rings. The van der Waals surface area contributed by atoms with E-state index in [1.165, 1.54) is 12.2 Å². The molecule has 0 aromatic carbocycles. The molecular formula is C8H13O3P. The Morgan fingerprint density at radius 1 is 1.25 bits per heavy atom. The second kappa shape index (κ2) is 5.81.